The number of carboxylic acids is 1. The van der Waals surface area contributed by atoms with Gasteiger partial charge in [-0.25, -0.2) is 4.79 Å². The summed E-state index contributed by atoms with van der Waals surface area (Å²) in [6.45, 7) is 7.26. The van der Waals surface area contributed by atoms with Gasteiger partial charge < -0.3 is 14.8 Å². The highest BCUT2D eigenvalue weighted by atomic mass is 16.4. The molecule has 0 bridgehead atoms. The number of hydrogen-bond donors (Lipinski definition) is 2. The lowest BCUT2D eigenvalue weighted by Gasteiger charge is -2.13. The summed E-state index contributed by atoms with van der Waals surface area (Å²) in [4.78, 5) is 11.5. The first-order valence-corrected chi connectivity index (χ1v) is 8.49. The maximum atomic E-state index is 11.5. The van der Waals surface area contributed by atoms with E-state index >= 15 is 0 Å². The number of aliphatic hydroxyl groups excluding tert-OH is 1. The fourth-order valence-corrected chi connectivity index (χ4v) is 3.09. The lowest BCUT2D eigenvalue weighted by atomic mass is 9.95. The molecule has 0 saturated heterocycles. The van der Waals surface area contributed by atoms with E-state index in [4.69, 9.17) is 5.11 Å². The van der Waals surface area contributed by atoms with Crippen molar-refractivity contribution in [2.75, 3.05) is 6.61 Å². The van der Waals surface area contributed by atoms with Gasteiger partial charge in [0.15, 0.2) is 0 Å². The molecule has 1 aromatic heterocycles. The molecule has 0 spiro atoms. The van der Waals surface area contributed by atoms with Crippen LogP contribution in [0.5, 0.6) is 0 Å². The number of aryl methyl sites for hydroxylation is 2. The summed E-state index contributed by atoms with van der Waals surface area (Å²) in [5, 5.41) is 19.6. The highest BCUT2D eigenvalue weighted by Gasteiger charge is 2.17. The minimum Gasteiger partial charge on any atom is -0.478 e. The van der Waals surface area contributed by atoms with E-state index in [9.17, 15) is 9.90 Å². The number of fused-ring (bicyclic) bond motifs is 1. The van der Waals surface area contributed by atoms with E-state index in [1.807, 2.05) is 6.07 Å². The number of aliphatic hydroxyl groups is 1. The molecule has 2 N–H and O–H groups in total. The molecule has 0 atom stereocenters. The Balaban J connectivity index is 2.68. The fraction of sp³-hybridized carbons (Fsp3) is 0.526. The number of carboxylic acid groups (broad SMARTS) is 1. The summed E-state index contributed by atoms with van der Waals surface area (Å²) in [6, 6.07) is 3.61. The molecule has 0 aliphatic rings. The van der Waals surface area contributed by atoms with E-state index in [0.717, 1.165) is 42.3 Å². The number of aromatic nitrogens is 1. The SMILES string of the molecule is CCCCc1cn(CCCO)c2c(C(C)C)cc(C(=O)O)cc12. The van der Waals surface area contributed by atoms with Crippen LogP contribution in [0.2, 0.25) is 0 Å². The number of aromatic carboxylic acids is 1. The molecule has 0 radical (unpaired) electrons. The van der Waals surface area contributed by atoms with Gasteiger partial charge in [-0.1, -0.05) is 27.2 Å². The van der Waals surface area contributed by atoms with Gasteiger partial charge in [-0.05, 0) is 48.4 Å². The van der Waals surface area contributed by atoms with Crippen molar-refractivity contribution < 1.29 is 15.0 Å². The molecule has 4 heteroatoms. The summed E-state index contributed by atoms with van der Waals surface area (Å²) >= 11 is 0. The summed E-state index contributed by atoms with van der Waals surface area (Å²) in [6.07, 6.45) is 6.01. The Kier molecular flexibility index (Phi) is 5.83. The van der Waals surface area contributed by atoms with Crippen molar-refractivity contribution in [2.24, 2.45) is 0 Å². The lowest BCUT2D eigenvalue weighted by molar-refractivity contribution is 0.0697. The molecule has 0 aliphatic carbocycles. The Labute approximate surface area is 137 Å². The highest BCUT2D eigenvalue weighted by Crippen LogP contribution is 2.32. The van der Waals surface area contributed by atoms with Gasteiger partial charge in [0.25, 0.3) is 0 Å². The molecule has 2 rings (SSSR count). The van der Waals surface area contributed by atoms with Crippen molar-refractivity contribution in [3.05, 3.63) is 35.0 Å². The topological polar surface area (TPSA) is 62.5 Å². The van der Waals surface area contributed by atoms with Gasteiger partial charge >= 0.3 is 5.97 Å². The van der Waals surface area contributed by atoms with Crippen molar-refractivity contribution in [2.45, 2.75) is 58.9 Å². The number of rotatable bonds is 8. The summed E-state index contributed by atoms with van der Waals surface area (Å²) in [5.41, 5.74) is 3.77. The van der Waals surface area contributed by atoms with Crippen LogP contribution in [0, 0.1) is 0 Å². The molecule has 0 saturated carbocycles. The van der Waals surface area contributed by atoms with E-state index in [0.29, 0.717) is 12.0 Å². The van der Waals surface area contributed by atoms with Crippen LogP contribution in [-0.4, -0.2) is 27.4 Å². The first-order chi connectivity index (χ1) is 11.0. The van der Waals surface area contributed by atoms with Gasteiger partial charge in [0.05, 0.1) is 11.1 Å². The monoisotopic (exact) mass is 317 g/mol. The number of unbranched alkanes of at least 4 members (excludes halogenated alkanes) is 1. The van der Waals surface area contributed by atoms with Crippen LogP contribution in [0.25, 0.3) is 10.9 Å². The average molecular weight is 317 g/mol. The number of nitrogens with zero attached hydrogens (tertiary/aromatic N) is 1. The molecular weight excluding hydrogens is 290 g/mol. The van der Waals surface area contributed by atoms with Crippen LogP contribution in [0.4, 0.5) is 0 Å². The second-order valence-corrected chi connectivity index (χ2v) is 6.45. The minimum absolute atomic E-state index is 0.161. The second kappa shape index (κ2) is 7.64. The molecule has 0 unspecified atom stereocenters. The van der Waals surface area contributed by atoms with Crippen LogP contribution in [0.3, 0.4) is 0 Å². The van der Waals surface area contributed by atoms with Crippen LogP contribution >= 0.6 is 0 Å². The first-order valence-electron chi connectivity index (χ1n) is 8.49. The Morgan fingerprint density at radius 1 is 1.26 bits per heavy atom. The molecule has 1 aromatic carbocycles. The first kappa shape index (κ1) is 17.5. The maximum absolute atomic E-state index is 11.5. The van der Waals surface area contributed by atoms with Gasteiger partial charge in [-0.3, -0.25) is 0 Å². The minimum atomic E-state index is -0.877. The zero-order valence-electron chi connectivity index (χ0n) is 14.3. The third-order valence-corrected chi connectivity index (χ3v) is 4.31. The molecule has 0 amide bonds. The highest BCUT2D eigenvalue weighted by molar-refractivity contribution is 5.97. The molecular formula is C19H27NO3. The Hall–Kier alpha value is -1.81. The average Bonchev–Trinajstić information content (AvgIpc) is 2.87. The zero-order chi connectivity index (χ0) is 17.0. The fourth-order valence-electron chi connectivity index (χ4n) is 3.09. The number of carbonyl (C=O) groups is 1. The van der Waals surface area contributed by atoms with Crippen LogP contribution < -0.4 is 0 Å². The maximum Gasteiger partial charge on any atom is 0.335 e. The van der Waals surface area contributed by atoms with E-state index in [1.54, 1.807) is 6.07 Å². The van der Waals surface area contributed by atoms with Crippen molar-refractivity contribution in [1.29, 1.82) is 0 Å². The summed E-state index contributed by atoms with van der Waals surface area (Å²) < 4.78 is 2.19. The molecule has 23 heavy (non-hydrogen) atoms. The molecule has 0 aliphatic heterocycles. The van der Waals surface area contributed by atoms with Crippen LogP contribution in [0.1, 0.15) is 67.4 Å². The quantitative estimate of drug-likeness (QED) is 0.767. The number of benzene rings is 1. The zero-order valence-corrected chi connectivity index (χ0v) is 14.3. The van der Waals surface area contributed by atoms with E-state index in [2.05, 4.69) is 31.5 Å². The van der Waals surface area contributed by atoms with E-state index < -0.39 is 5.97 Å². The van der Waals surface area contributed by atoms with Crippen molar-refractivity contribution in [1.82, 2.24) is 4.57 Å². The van der Waals surface area contributed by atoms with Gasteiger partial charge in [-0.2, -0.15) is 0 Å². The smallest absolute Gasteiger partial charge is 0.335 e. The predicted octanol–water partition coefficient (Wildman–Crippen LogP) is 4.19. The van der Waals surface area contributed by atoms with Crippen molar-refractivity contribution in [3.8, 4) is 0 Å². The lowest BCUT2D eigenvalue weighted by Crippen LogP contribution is -2.04. The van der Waals surface area contributed by atoms with E-state index in [1.165, 1.54) is 5.56 Å². The molecule has 0 fully saturated rings. The molecule has 2 aromatic rings. The van der Waals surface area contributed by atoms with Crippen molar-refractivity contribution in [3.63, 3.8) is 0 Å². The third-order valence-electron chi connectivity index (χ3n) is 4.31. The van der Waals surface area contributed by atoms with Crippen LogP contribution in [0.15, 0.2) is 18.3 Å². The van der Waals surface area contributed by atoms with Crippen molar-refractivity contribution >= 4 is 16.9 Å². The third kappa shape index (κ3) is 3.75. The Morgan fingerprint density at radius 3 is 2.57 bits per heavy atom. The second-order valence-electron chi connectivity index (χ2n) is 6.45. The summed E-state index contributed by atoms with van der Waals surface area (Å²) in [5.74, 6) is -0.628. The Bertz CT molecular complexity index is 685. The molecule has 1 heterocycles. The van der Waals surface area contributed by atoms with E-state index in [-0.39, 0.29) is 12.5 Å². The predicted molar refractivity (Wildman–Crippen MR) is 93.3 cm³/mol. The summed E-state index contributed by atoms with van der Waals surface area (Å²) in [7, 11) is 0. The molecule has 4 nitrogen and oxygen atoms in total. The largest absolute Gasteiger partial charge is 0.478 e. The van der Waals surface area contributed by atoms with Gasteiger partial charge in [0, 0.05) is 24.7 Å². The van der Waals surface area contributed by atoms with Crippen LogP contribution in [-0.2, 0) is 13.0 Å². The number of hydrogen-bond acceptors (Lipinski definition) is 2. The van der Waals surface area contributed by atoms with Gasteiger partial charge in [0.1, 0.15) is 0 Å². The normalized spacial score (nSPS) is 11.5. The van der Waals surface area contributed by atoms with Gasteiger partial charge in [0.2, 0.25) is 0 Å². The Morgan fingerprint density at radius 2 is 2.00 bits per heavy atom. The molecule has 126 valence electrons. The standard InChI is InChI=1S/C19H27NO3/c1-4-5-7-14-12-20(8-6-9-21)18-16(13(2)3)10-15(19(22)23)11-17(14)18/h10-13,21H,4-9H2,1-3H3,(H,22,23). The van der Waals surface area contributed by atoms with Gasteiger partial charge in [-0.15, -0.1) is 0 Å².